The summed E-state index contributed by atoms with van der Waals surface area (Å²) in [6.45, 7) is 2.16. The lowest BCUT2D eigenvalue weighted by Crippen LogP contribution is -2.55. The Morgan fingerprint density at radius 2 is 1.76 bits per heavy atom. The highest BCUT2D eigenvalue weighted by molar-refractivity contribution is 6.16. The number of benzene rings is 2. The number of likely N-dealkylation sites (tertiary alicyclic amines) is 1. The molecular formula is C26H25N5O2. The predicted octanol–water partition coefficient (Wildman–Crippen LogP) is 3.22. The summed E-state index contributed by atoms with van der Waals surface area (Å²) in [5.74, 6) is 1.83. The molecule has 3 aromatic rings. The Morgan fingerprint density at radius 3 is 2.48 bits per heavy atom. The molecule has 0 atom stereocenters. The largest absolute Gasteiger partial charge is 0.342 e. The van der Waals surface area contributed by atoms with Gasteiger partial charge in [0.2, 0.25) is 5.91 Å². The van der Waals surface area contributed by atoms with E-state index in [-0.39, 0.29) is 11.8 Å². The van der Waals surface area contributed by atoms with Gasteiger partial charge >= 0.3 is 0 Å². The molecule has 7 heteroatoms. The van der Waals surface area contributed by atoms with Crippen molar-refractivity contribution in [2.45, 2.75) is 31.2 Å². The van der Waals surface area contributed by atoms with E-state index in [1.807, 2.05) is 22.1 Å². The topological polar surface area (TPSA) is 81.7 Å². The van der Waals surface area contributed by atoms with Gasteiger partial charge in [-0.2, -0.15) is 5.10 Å². The number of aromatic nitrogens is 2. The van der Waals surface area contributed by atoms with Crippen LogP contribution < -0.4 is 0 Å². The first kappa shape index (κ1) is 19.0. The molecule has 0 unspecified atom stereocenters. The minimum Gasteiger partial charge on any atom is -0.342 e. The minimum atomic E-state index is -0.520. The number of carbonyl (C=O) groups excluding carboxylic acids is 2. The molecule has 0 radical (unpaired) electrons. The van der Waals surface area contributed by atoms with E-state index < -0.39 is 5.54 Å². The van der Waals surface area contributed by atoms with Gasteiger partial charge in [-0.3, -0.25) is 24.6 Å². The summed E-state index contributed by atoms with van der Waals surface area (Å²) in [5.41, 5.74) is 3.73. The molecule has 7 rings (SSSR count). The fraction of sp³-hybridized carbons (Fsp3) is 0.385. The van der Waals surface area contributed by atoms with E-state index in [0.29, 0.717) is 18.4 Å². The molecule has 1 N–H and O–H groups in total. The molecule has 7 nitrogen and oxygen atoms in total. The van der Waals surface area contributed by atoms with Crippen LogP contribution >= 0.6 is 0 Å². The highest BCUT2D eigenvalue weighted by Crippen LogP contribution is 2.46. The molecule has 1 aromatic heterocycles. The Morgan fingerprint density at radius 1 is 1.03 bits per heavy atom. The normalized spacial score (nSPS) is 21.6. The Bertz CT molecular complexity index is 1310. The van der Waals surface area contributed by atoms with Crippen LogP contribution in [0.15, 0.2) is 53.7 Å². The number of aliphatic imine (C=N–C) groups is 1. The maximum atomic E-state index is 13.2. The second-order valence-electron chi connectivity index (χ2n) is 10.0. The van der Waals surface area contributed by atoms with Crippen LogP contribution in [0.2, 0.25) is 0 Å². The van der Waals surface area contributed by atoms with Crippen LogP contribution in [0.25, 0.3) is 22.0 Å². The lowest BCUT2D eigenvalue weighted by molar-refractivity contribution is -0.139. The van der Waals surface area contributed by atoms with Crippen LogP contribution in [0.3, 0.4) is 0 Å². The van der Waals surface area contributed by atoms with E-state index >= 15 is 0 Å². The van der Waals surface area contributed by atoms with Crippen LogP contribution in [0.1, 0.15) is 31.2 Å². The van der Waals surface area contributed by atoms with Gasteiger partial charge in [0.25, 0.3) is 5.91 Å². The van der Waals surface area contributed by atoms with E-state index in [2.05, 4.69) is 46.6 Å². The highest BCUT2D eigenvalue weighted by atomic mass is 16.2. The van der Waals surface area contributed by atoms with Gasteiger partial charge < -0.3 is 4.90 Å². The van der Waals surface area contributed by atoms with Crippen molar-refractivity contribution >= 4 is 28.6 Å². The molecule has 33 heavy (non-hydrogen) atoms. The molecule has 2 amide bonds. The third-order valence-electron chi connectivity index (χ3n) is 7.50. The second kappa shape index (κ2) is 6.76. The van der Waals surface area contributed by atoms with Crippen LogP contribution in [-0.4, -0.2) is 62.8 Å². The number of hydrogen-bond donors (Lipinski definition) is 1. The van der Waals surface area contributed by atoms with Gasteiger partial charge in [0.1, 0.15) is 11.4 Å². The summed E-state index contributed by atoms with van der Waals surface area (Å²) in [6, 6.07) is 14.6. The summed E-state index contributed by atoms with van der Waals surface area (Å²) in [5, 5.41) is 8.17. The van der Waals surface area contributed by atoms with Crippen molar-refractivity contribution in [2.75, 3.05) is 19.6 Å². The lowest BCUT2D eigenvalue weighted by atomic mass is 9.97. The number of carbonyl (C=O) groups is 2. The number of nitrogens with one attached hydrogen (secondary N) is 1. The third kappa shape index (κ3) is 3.09. The second-order valence-corrected chi connectivity index (χ2v) is 10.0. The lowest BCUT2D eigenvalue weighted by Gasteiger charge is -2.41. The number of amides is 2. The quantitative estimate of drug-likeness (QED) is 0.663. The molecule has 0 bridgehead atoms. The van der Waals surface area contributed by atoms with Crippen molar-refractivity contribution < 1.29 is 9.59 Å². The fourth-order valence-electron chi connectivity index (χ4n) is 5.14. The zero-order chi connectivity index (χ0) is 22.2. The Hall–Kier alpha value is -3.48. The standard InChI is InChI=1S/C26H25N5O2/c32-24(19-5-6-19)30-13-16(14-30)15-31-23(28-26(9-10-26)25(31)33)18-3-1-17(2-4-18)20-7-8-22-21(11-20)12-27-29-22/h1-4,7-8,11-12,16,19H,5-6,9-10,13-15H2,(H,27,29). The van der Waals surface area contributed by atoms with Crippen molar-refractivity contribution in [3.8, 4) is 11.1 Å². The molecule has 4 aliphatic rings. The molecule has 3 heterocycles. The summed E-state index contributed by atoms with van der Waals surface area (Å²) in [6.07, 6.45) is 5.59. The van der Waals surface area contributed by atoms with Gasteiger partial charge in [-0.1, -0.05) is 30.3 Å². The molecule has 2 aliphatic heterocycles. The summed E-state index contributed by atoms with van der Waals surface area (Å²) in [7, 11) is 0. The first-order valence-electron chi connectivity index (χ1n) is 11.8. The molecular weight excluding hydrogens is 414 g/mol. The van der Waals surface area contributed by atoms with E-state index in [9.17, 15) is 9.59 Å². The fourth-order valence-corrected chi connectivity index (χ4v) is 5.14. The molecule has 2 aromatic carbocycles. The van der Waals surface area contributed by atoms with Gasteiger partial charge in [-0.05, 0) is 48.9 Å². The molecule has 166 valence electrons. The van der Waals surface area contributed by atoms with Gasteiger partial charge in [0.05, 0.1) is 11.7 Å². The van der Waals surface area contributed by atoms with Crippen molar-refractivity contribution in [1.82, 2.24) is 20.0 Å². The molecule has 2 saturated carbocycles. The third-order valence-corrected chi connectivity index (χ3v) is 7.50. The number of nitrogens with zero attached hydrogens (tertiary/aromatic N) is 4. The number of H-pyrrole nitrogens is 1. The Labute approximate surface area is 191 Å². The van der Waals surface area contributed by atoms with E-state index in [0.717, 1.165) is 72.2 Å². The first-order chi connectivity index (χ1) is 16.1. The summed E-state index contributed by atoms with van der Waals surface area (Å²) in [4.78, 5) is 34.2. The van der Waals surface area contributed by atoms with Gasteiger partial charge in [0.15, 0.2) is 0 Å². The molecule has 3 fully saturated rings. The van der Waals surface area contributed by atoms with Crippen LogP contribution in [-0.2, 0) is 9.59 Å². The van der Waals surface area contributed by atoms with E-state index in [1.165, 1.54) is 0 Å². The summed E-state index contributed by atoms with van der Waals surface area (Å²) >= 11 is 0. The van der Waals surface area contributed by atoms with Crippen LogP contribution in [0.4, 0.5) is 0 Å². The number of rotatable bonds is 5. The van der Waals surface area contributed by atoms with Crippen LogP contribution in [0.5, 0.6) is 0 Å². The number of fused-ring (bicyclic) bond motifs is 1. The van der Waals surface area contributed by atoms with Crippen LogP contribution in [0, 0.1) is 11.8 Å². The monoisotopic (exact) mass is 439 g/mol. The average molecular weight is 440 g/mol. The number of aromatic amines is 1. The number of amidine groups is 1. The maximum Gasteiger partial charge on any atom is 0.256 e. The Kier molecular flexibility index (Phi) is 3.90. The molecule has 1 saturated heterocycles. The SMILES string of the molecule is O=C(C1CC1)N1CC(CN2C(=O)C3(CC3)N=C2c2ccc(-c3ccc4[nH]ncc4c3)cc2)C1. The van der Waals surface area contributed by atoms with Gasteiger partial charge in [0, 0.05) is 42.4 Å². The average Bonchev–Trinajstić information content (AvgIpc) is 3.72. The maximum absolute atomic E-state index is 13.2. The Balaban J connectivity index is 1.11. The van der Waals surface area contributed by atoms with Crippen molar-refractivity contribution in [3.63, 3.8) is 0 Å². The van der Waals surface area contributed by atoms with Crippen molar-refractivity contribution in [1.29, 1.82) is 0 Å². The molecule has 2 aliphatic carbocycles. The predicted molar refractivity (Wildman–Crippen MR) is 125 cm³/mol. The van der Waals surface area contributed by atoms with Gasteiger partial charge in [-0.15, -0.1) is 0 Å². The van der Waals surface area contributed by atoms with Gasteiger partial charge in [-0.25, -0.2) is 0 Å². The highest BCUT2D eigenvalue weighted by Gasteiger charge is 2.57. The molecule has 1 spiro atoms. The van der Waals surface area contributed by atoms with E-state index in [4.69, 9.17) is 4.99 Å². The zero-order valence-corrected chi connectivity index (χ0v) is 18.3. The van der Waals surface area contributed by atoms with E-state index in [1.54, 1.807) is 0 Å². The van der Waals surface area contributed by atoms with Crippen molar-refractivity contribution in [3.05, 3.63) is 54.2 Å². The zero-order valence-electron chi connectivity index (χ0n) is 18.3. The summed E-state index contributed by atoms with van der Waals surface area (Å²) < 4.78 is 0. The smallest absolute Gasteiger partial charge is 0.256 e. The van der Waals surface area contributed by atoms with Crippen molar-refractivity contribution in [2.24, 2.45) is 16.8 Å². The minimum absolute atomic E-state index is 0.138. The number of hydrogen-bond acceptors (Lipinski definition) is 4. The first-order valence-corrected chi connectivity index (χ1v) is 11.8.